The minimum atomic E-state index is -0.0245. The first-order valence-corrected chi connectivity index (χ1v) is 7.15. The summed E-state index contributed by atoms with van der Waals surface area (Å²) >= 11 is 0. The molecule has 0 aliphatic heterocycles. The van der Waals surface area contributed by atoms with Crippen molar-refractivity contribution in [1.82, 2.24) is 20.3 Å². The summed E-state index contributed by atoms with van der Waals surface area (Å²) < 4.78 is 0. The van der Waals surface area contributed by atoms with Crippen LogP contribution in [0, 0.1) is 6.92 Å². The van der Waals surface area contributed by atoms with Crippen LogP contribution >= 0.6 is 0 Å². The molecule has 0 radical (unpaired) electrons. The fourth-order valence-corrected chi connectivity index (χ4v) is 2.47. The van der Waals surface area contributed by atoms with Crippen LogP contribution < -0.4 is 5.32 Å². The number of nitrogens with zero attached hydrogens (tertiary/aromatic N) is 3. The maximum Gasteiger partial charge on any atom is 0.149 e. The summed E-state index contributed by atoms with van der Waals surface area (Å²) in [7, 11) is 0. The minimum absolute atomic E-state index is 0.0245. The molecule has 0 aliphatic carbocycles. The second kappa shape index (κ2) is 5.97. The predicted octanol–water partition coefficient (Wildman–Crippen LogP) is 3.03. The molecule has 0 saturated heterocycles. The zero-order valence-corrected chi connectivity index (χ0v) is 12.2. The van der Waals surface area contributed by atoms with Gasteiger partial charge in [-0.25, -0.2) is 9.97 Å². The minimum Gasteiger partial charge on any atom is -0.304 e. The van der Waals surface area contributed by atoms with E-state index in [2.05, 4.69) is 39.3 Å². The van der Waals surface area contributed by atoms with Crippen molar-refractivity contribution in [3.8, 4) is 0 Å². The van der Waals surface area contributed by atoms with Gasteiger partial charge in [0.05, 0.1) is 11.6 Å². The van der Waals surface area contributed by atoms with Gasteiger partial charge in [0, 0.05) is 24.0 Å². The fourth-order valence-electron chi connectivity index (χ4n) is 2.47. The lowest BCUT2D eigenvalue weighted by molar-refractivity contribution is 0.600. The van der Waals surface area contributed by atoms with Crippen molar-refractivity contribution in [2.75, 3.05) is 6.54 Å². The number of rotatable bonds is 4. The van der Waals surface area contributed by atoms with Gasteiger partial charge in [0.15, 0.2) is 0 Å². The molecule has 0 fully saturated rings. The zero-order chi connectivity index (χ0) is 14.7. The number of aryl methyl sites for hydroxylation is 1. The Balaban J connectivity index is 2.13. The summed E-state index contributed by atoms with van der Waals surface area (Å²) in [5.41, 5.74) is 3.21. The van der Waals surface area contributed by atoms with E-state index >= 15 is 0 Å². The van der Waals surface area contributed by atoms with Gasteiger partial charge in [0.25, 0.3) is 0 Å². The lowest BCUT2D eigenvalue weighted by atomic mass is 10.0. The summed E-state index contributed by atoms with van der Waals surface area (Å²) in [5, 5.41) is 4.61. The van der Waals surface area contributed by atoms with Gasteiger partial charge in [-0.05, 0) is 36.7 Å². The highest BCUT2D eigenvalue weighted by molar-refractivity contribution is 5.82. The quantitative estimate of drug-likeness (QED) is 0.797. The average molecular weight is 278 g/mol. The molecule has 0 bridgehead atoms. The van der Waals surface area contributed by atoms with Crippen LogP contribution in [0.25, 0.3) is 10.9 Å². The molecule has 1 unspecified atom stereocenters. The Hall–Kier alpha value is -2.33. The van der Waals surface area contributed by atoms with Gasteiger partial charge >= 0.3 is 0 Å². The molecule has 4 heteroatoms. The van der Waals surface area contributed by atoms with Crippen LogP contribution in [0.2, 0.25) is 0 Å². The number of hydrogen-bond donors (Lipinski definition) is 1. The lowest BCUT2D eigenvalue weighted by Gasteiger charge is -2.18. The van der Waals surface area contributed by atoms with Crippen LogP contribution in [0.4, 0.5) is 0 Å². The number of hydrogen-bond acceptors (Lipinski definition) is 4. The van der Waals surface area contributed by atoms with Gasteiger partial charge in [0.1, 0.15) is 5.82 Å². The Labute approximate surface area is 124 Å². The molecule has 0 aliphatic rings. The highest BCUT2D eigenvalue weighted by Gasteiger charge is 2.18. The van der Waals surface area contributed by atoms with Crippen molar-refractivity contribution in [2.45, 2.75) is 19.9 Å². The van der Waals surface area contributed by atoms with Crippen molar-refractivity contribution in [3.05, 3.63) is 65.9 Å². The Kier molecular flexibility index (Phi) is 3.88. The van der Waals surface area contributed by atoms with Gasteiger partial charge in [-0.15, -0.1) is 0 Å². The largest absolute Gasteiger partial charge is 0.304 e. The average Bonchev–Trinajstić information content (AvgIpc) is 2.53. The first-order valence-electron chi connectivity index (χ1n) is 7.15. The van der Waals surface area contributed by atoms with Gasteiger partial charge < -0.3 is 5.32 Å². The van der Waals surface area contributed by atoms with Crippen LogP contribution in [0.3, 0.4) is 0 Å². The monoisotopic (exact) mass is 278 g/mol. The first kappa shape index (κ1) is 13.6. The van der Waals surface area contributed by atoms with E-state index in [1.165, 1.54) is 0 Å². The predicted molar refractivity (Wildman–Crippen MR) is 84.0 cm³/mol. The molecule has 0 amide bonds. The smallest absolute Gasteiger partial charge is 0.149 e. The topological polar surface area (TPSA) is 50.7 Å². The summed E-state index contributed by atoms with van der Waals surface area (Å²) in [4.78, 5) is 13.4. The van der Waals surface area contributed by atoms with Gasteiger partial charge in [0.2, 0.25) is 0 Å². The Morgan fingerprint density at radius 2 is 1.86 bits per heavy atom. The SMILES string of the molecule is CCNC(c1ncc(C)cn1)c1cccc2ncccc12. The summed E-state index contributed by atoms with van der Waals surface area (Å²) in [6.45, 7) is 4.93. The second-order valence-corrected chi connectivity index (χ2v) is 5.03. The van der Waals surface area contributed by atoms with Crippen molar-refractivity contribution in [2.24, 2.45) is 0 Å². The van der Waals surface area contributed by atoms with Crippen LogP contribution in [-0.2, 0) is 0 Å². The van der Waals surface area contributed by atoms with Gasteiger partial charge in [-0.1, -0.05) is 25.1 Å². The third-order valence-corrected chi connectivity index (χ3v) is 3.46. The van der Waals surface area contributed by atoms with Crippen molar-refractivity contribution in [1.29, 1.82) is 0 Å². The molecular formula is C17H18N4. The Morgan fingerprint density at radius 1 is 1.05 bits per heavy atom. The van der Waals surface area contributed by atoms with E-state index in [1.54, 1.807) is 0 Å². The molecule has 4 nitrogen and oxygen atoms in total. The van der Waals surface area contributed by atoms with Crippen LogP contribution in [0.1, 0.15) is 29.9 Å². The standard InChI is InChI=1S/C17H18N4/c1-3-18-16(17-20-10-12(2)11-21-17)14-6-4-8-15-13(14)7-5-9-19-15/h4-11,16,18H,3H2,1-2H3. The molecule has 3 rings (SSSR count). The van der Waals surface area contributed by atoms with Gasteiger partial charge in [-0.2, -0.15) is 0 Å². The highest BCUT2D eigenvalue weighted by Crippen LogP contribution is 2.26. The first-order chi connectivity index (χ1) is 10.3. The van der Waals surface area contributed by atoms with Crippen LogP contribution in [0.15, 0.2) is 48.9 Å². The third-order valence-electron chi connectivity index (χ3n) is 3.46. The number of benzene rings is 1. The van der Waals surface area contributed by atoms with Gasteiger partial charge in [-0.3, -0.25) is 4.98 Å². The van der Waals surface area contributed by atoms with E-state index in [1.807, 2.05) is 43.7 Å². The number of aromatic nitrogens is 3. The van der Waals surface area contributed by atoms with E-state index in [4.69, 9.17) is 0 Å². The maximum absolute atomic E-state index is 4.49. The van der Waals surface area contributed by atoms with E-state index < -0.39 is 0 Å². The number of fused-ring (bicyclic) bond motifs is 1. The fraction of sp³-hybridized carbons (Fsp3) is 0.235. The number of nitrogens with one attached hydrogen (secondary N) is 1. The van der Waals surface area contributed by atoms with E-state index in [-0.39, 0.29) is 6.04 Å². The highest BCUT2D eigenvalue weighted by atomic mass is 15.0. The molecule has 1 aromatic carbocycles. The van der Waals surface area contributed by atoms with Crippen molar-refractivity contribution < 1.29 is 0 Å². The molecule has 21 heavy (non-hydrogen) atoms. The molecule has 106 valence electrons. The normalized spacial score (nSPS) is 12.5. The van der Waals surface area contributed by atoms with Crippen LogP contribution in [-0.4, -0.2) is 21.5 Å². The molecular weight excluding hydrogens is 260 g/mol. The summed E-state index contributed by atoms with van der Waals surface area (Å²) in [5.74, 6) is 0.791. The molecule has 3 aromatic rings. The molecule has 0 saturated carbocycles. The Bertz CT molecular complexity index is 732. The third kappa shape index (κ3) is 2.76. The molecule has 0 spiro atoms. The van der Waals surface area contributed by atoms with E-state index in [9.17, 15) is 0 Å². The van der Waals surface area contributed by atoms with E-state index in [0.29, 0.717) is 0 Å². The lowest BCUT2D eigenvalue weighted by Crippen LogP contribution is -2.24. The number of pyridine rings is 1. The van der Waals surface area contributed by atoms with Crippen LogP contribution in [0.5, 0.6) is 0 Å². The van der Waals surface area contributed by atoms with E-state index in [0.717, 1.165) is 34.4 Å². The molecule has 1 N–H and O–H groups in total. The molecule has 2 heterocycles. The Morgan fingerprint density at radius 3 is 2.62 bits per heavy atom. The summed E-state index contributed by atoms with van der Waals surface area (Å²) in [6, 6.07) is 10.2. The van der Waals surface area contributed by atoms with Crippen molar-refractivity contribution in [3.63, 3.8) is 0 Å². The second-order valence-electron chi connectivity index (χ2n) is 5.03. The molecule has 2 aromatic heterocycles. The zero-order valence-electron chi connectivity index (χ0n) is 12.2. The summed E-state index contributed by atoms with van der Waals surface area (Å²) in [6.07, 6.45) is 5.53. The van der Waals surface area contributed by atoms with Crippen molar-refractivity contribution >= 4 is 10.9 Å². The molecule has 1 atom stereocenters. The maximum atomic E-state index is 4.49.